The van der Waals surface area contributed by atoms with E-state index in [9.17, 15) is 0 Å². The molecular formula is C20H13BrN2O. The second-order valence-corrected chi connectivity index (χ2v) is 6.21. The lowest BCUT2D eigenvalue weighted by Crippen LogP contribution is -1.96. The highest BCUT2D eigenvalue weighted by atomic mass is 79.9. The van der Waals surface area contributed by atoms with Gasteiger partial charge in [-0.15, -0.1) is 0 Å². The maximum Gasteiger partial charge on any atom is 0.323 e. The van der Waals surface area contributed by atoms with E-state index in [0.29, 0.717) is 11.8 Å². The summed E-state index contributed by atoms with van der Waals surface area (Å²) in [5, 5.41) is 0.982. The highest BCUT2D eigenvalue weighted by Crippen LogP contribution is 2.31. The molecule has 0 N–H and O–H groups in total. The summed E-state index contributed by atoms with van der Waals surface area (Å²) in [5.74, 6) is 0.716. The van der Waals surface area contributed by atoms with Gasteiger partial charge in [0.25, 0.3) is 0 Å². The molecule has 0 unspecified atom stereocenters. The van der Waals surface area contributed by atoms with Gasteiger partial charge >= 0.3 is 6.01 Å². The number of fused-ring (bicyclic) bond motifs is 1. The third-order valence-electron chi connectivity index (χ3n) is 3.64. The molecule has 0 aliphatic carbocycles. The van der Waals surface area contributed by atoms with Gasteiger partial charge in [-0.05, 0) is 30.3 Å². The van der Waals surface area contributed by atoms with Crippen LogP contribution in [0.3, 0.4) is 0 Å². The number of hydrogen-bond donors (Lipinski definition) is 0. The quantitative estimate of drug-likeness (QED) is 0.449. The minimum absolute atomic E-state index is 0.342. The van der Waals surface area contributed by atoms with Crippen molar-refractivity contribution in [3.8, 4) is 23.0 Å². The number of nitrogens with zero attached hydrogens (tertiary/aromatic N) is 2. The van der Waals surface area contributed by atoms with Crippen LogP contribution in [0.1, 0.15) is 0 Å². The number of hydrogen-bond acceptors (Lipinski definition) is 3. The van der Waals surface area contributed by atoms with Crippen molar-refractivity contribution in [2.45, 2.75) is 0 Å². The van der Waals surface area contributed by atoms with Crippen LogP contribution in [-0.2, 0) is 0 Å². The minimum Gasteiger partial charge on any atom is -0.424 e. The van der Waals surface area contributed by atoms with Gasteiger partial charge in [0, 0.05) is 15.4 Å². The Hall–Kier alpha value is -2.72. The van der Waals surface area contributed by atoms with Gasteiger partial charge in [-0.3, -0.25) is 0 Å². The Morgan fingerprint density at radius 1 is 0.750 bits per heavy atom. The van der Waals surface area contributed by atoms with Crippen LogP contribution in [0.15, 0.2) is 83.3 Å². The van der Waals surface area contributed by atoms with Crippen LogP contribution in [0.5, 0.6) is 11.8 Å². The number of halogens is 1. The Morgan fingerprint density at radius 3 is 2.21 bits per heavy atom. The highest BCUT2D eigenvalue weighted by molar-refractivity contribution is 9.10. The summed E-state index contributed by atoms with van der Waals surface area (Å²) in [5.41, 5.74) is 2.73. The molecule has 0 atom stereocenters. The van der Waals surface area contributed by atoms with Gasteiger partial charge in [0.2, 0.25) is 0 Å². The molecule has 0 spiro atoms. The first-order valence-electron chi connectivity index (χ1n) is 7.55. The van der Waals surface area contributed by atoms with E-state index in [0.717, 1.165) is 26.6 Å². The molecule has 4 heteroatoms. The largest absolute Gasteiger partial charge is 0.424 e. The Kier molecular flexibility index (Phi) is 3.97. The van der Waals surface area contributed by atoms with Crippen LogP contribution in [-0.4, -0.2) is 9.97 Å². The lowest BCUT2D eigenvalue weighted by Gasteiger charge is -2.10. The fraction of sp³-hybridized carbons (Fsp3) is 0. The maximum atomic E-state index is 5.84. The van der Waals surface area contributed by atoms with Crippen molar-refractivity contribution in [2.24, 2.45) is 0 Å². The van der Waals surface area contributed by atoms with Crippen LogP contribution in [0.2, 0.25) is 0 Å². The molecule has 3 aromatic carbocycles. The Morgan fingerprint density at radius 2 is 1.46 bits per heavy atom. The minimum atomic E-state index is 0.342. The number of ether oxygens (including phenoxy) is 1. The lowest BCUT2D eigenvalue weighted by molar-refractivity contribution is 0.445. The maximum absolute atomic E-state index is 5.84. The van der Waals surface area contributed by atoms with Crippen LogP contribution in [0.4, 0.5) is 0 Å². The number of rotatable bonds is 3. The smallest absolute Gasteiger partial charge is 0.323 e. The van der Waals surface area contributed by atoms with Crippen molar-refractivity contribution < 1.29 is 4.74 Å². The Bertz CT molecular complexity index is 988. The molecule has 0 aliphatic rings. The topological polar surface area (TPSA) is 35.0 Å². The second kappa shape index (κ2) is 6.42. The molecule has 116 valence electrons. The number of para-hydroxylation sites is 1. The second-order valence-electron chi connectivity index (χ2n) is 5.30. The fourth-order valence-electron chi connectivity index (χ4n) is 2.54. The molecule has 0 bridgehead atoms. The van der Waals surface area contributed by atoms with Crippen molar-refractivity contribution in [1.29, 1.82) is 0 Å². The average molecular weight is 377 g/mol. The van der Waals surface area contributed by atoms with Crippen molar-refractivity contribution in [2.75, 3.05) is 0 Å². The molecule has 0 fully saturated rings. The van der Waals surface area contributed by atoms with Crippen LogP contribution >= 0.6 is 15.9 Å². The Labute approximate surface area is 148 Å². The first-order valence-corrected chi connectivity index (χ1v) is 8.34. The molecule has 0 radical (unpaired) electrons. The SMILES string of the molecule is Brc1ccc2nc(Oc3ccccc3)nc(-c3ccccc3)c2c1. The zero-order chi connectivity index (χ0) is 16.4. The predicted octanol–water partition coefficient (Wildman–Crippen LogP) is 5.85. The Balaban J connectivity index is 1.89. The molecular weight excluding hydrogens is 364 g/mol. The van der Waals surface area contributed by atoms with Gasteiger partial charge < -0.3 is 4.74 Å². The van der Waals surface area contributed by atoms with Gasteiger partial charge in [-0.2, -0.15) is 9.97 Å². The van der Waals surface area contributed by atoms with E-state index in [1.165, 1.54) is 0 Å². The molecule has 24 heavy (non-hydrogen) atoms. The highest BCUT2D eigenvalue weighted by Gasteiger charge is 2.11. The summed E-state index contributed by atoms with van der Waals surface area (Å²) in [4.78, 5) is 9.20. The van der Waals surface area contributed by atoms with E-state index in [-0.39, 0.29) is 0 Å². The molecule has 1 heterocycles. The standard InChI is InChI=1S/C20H13BrN2O/c21-15-11-12-18-17(13-15)19(14-7-3-1-4-8-14)23-20(22-18)24-16-9-5-2-6-10-16/h1-13H. The predicted molar refractivity (Wildman–Crippen MR) is 99.2 cm³/mol. The average Bonchev–Trinajstić information content (AvgIpc) is 2.63. The summed E-state index contributed by atoms with van der Waals surface area (Å²) < 4.78 is 6.84. The molecule has 1 aromatic heterocycles. The van der Waals surface area contributed by atoms with Crippen LogP contribution in [0, 0.1) is 0 Å². The van der Waals surface area contributed by atoms with Crippen molar-refractivity contribution >= 4 is 26.8 Å². The van der Waals surface area contributed by atoms with E-state index in [2.05, 4.69) is 25.9 Å². The first-order chi connectivity index (χ1) is 11.8. The fourth-order valence-corrected chi connectivity index (χ4v) is 2.90. The van der Waals surface area contributed by atoms with Gasteiger partial charge in [0.05, 0.1) is 11.2 Å². The molecule has 0 amide bonds. The first kappa shape index (κ1) is 14.8. The third-order valence-corrected chi connectivity index (χ3v) is 4.13. The van der Waals surface area contributed by atoms with E-state index < -0.39 is 0 Å². The zero-order valence-corrected chi connectivity index (χ0v) is 14.3. The summed E-state index contributed by atoms with van der Waals surface area (Å²) in [6.07, 6.45) is 0. The number of benzene rings is 3. The monoisotopic (exact) mass is 376 g/mol. The van der Waals surface area contributed by atoms with E-state index in [1.54, 1.807) is 0 Å². The molecule has 4 rings (SSSR count). The third kappa shape index (κ3) is 3.01. The van der Waals surface area contributed by atoms with E-state index >= 15 is 0 Å². The number of aromatic nitrogens is 2. The molecule has 0 aliphatic heterocycles. The van der Waals surface area contributed by atoms with Gasteiger partial charge in [0.1, 0.15) is 5.75 Å². The van der Waals surface area contributed by atoms with Gasteiger partial charge in [-0.25, -0.2) is 0 Å². The normalized spacial score (nSPS) is 10.7. The molecule has 3 nitrogen and oxygen atoms in total. The lowest BCUT2D eigenvalue weighted by atomic mass is 10.1. The van der Waals surface area contributed by atoms with Crippen molar-refractivity contribution in [3.05, 3.63) is 83.3 Å². The zero-order valence-electron chi connectivity index (χ0n) is 12.7. The van der Waals surface area contributed by atoms with E-state index in [1.807, 2.05) is 78.9 Å². The summed E-state index contributed by atoms with van der Waals surface area (Å²) in [7, 11) is 0. The summed E-state index contributed by atoms with van der Waals surface area (Å²) in [6, 6.07) is 25.9. The summed E-state index contributed by atoms with van der Waals surface area (Å²) in [6.45, 7) is 0. The van der Waals surface area contributed by atoms with E-state index in [4.69, 9.17) is 4.74 Å². The van der Waals surface area contributed by atoms with Crippen molar-refractivity contribution in [1.82, 2.24) is 9.97 Å². The van der Waals surface area contributed by atoms with Crippen LogP contribution < -0.4 is 4.74 Å². The molecule has 0 saturated carbocycles. The van der Waals surface area contributed by atoms with Crippen LogP contribution in [0.25, 0.3) is 22.2 Å². The van der Waals surface area contributed by atoms with Crippen molar-refractivity contribution in [3.63, 3.8) is 0 Å². The van der Waals surface area contributed by atoms with Gasteiger partial charge in [-0.1, -0.05) is 64.5 Å². The molecule has 0 saturated heterocycles. The summed E-state index contributed by atoms with van der Waals surface area (Å²) >= 11 is 3.52. The molecule has 4 aromatic rings. The van der Waals surface area contributed by atoms with Gasteiger partial charge in [0.15, 0.2) is 0 Å².